The summed E-state index contributed by atoms with van der Waals surface area (Å²) in [7, 11) is -2.17. The fourth-order valence-corrected chi connectivity index (χ4v) is 3.90. The first-order valence-electron chi connectivity index (χ1n) is 6.23. The molecule has 19 heavy (non-hydrogen) atoms. The van der Waals surface area contributed by atoms with Gasteiger partial charge < -0.3 is 4.74 Å². The second-order valence-electron chi connectivity index (χ2n) is 4.59. The van der Waals surface area contributed by atoms with E-state index in [9.17, 15) is 13.2 Å². The molecule has 1 aliphatic rings. The van der Waals surface area contributed by atoms with E-state index in [2.05, 4.69) is 9.46 Å². The van der Waals surface area contributed by atoms with E-state index in [0.29, 0.717) is 12.8 Å². The number of hydrogen-bond acceptors (Lipinski definition) is 4. The lowest BCUT2D eigenvalue weighted by Crippen LogP contribution is -2.26. The van der Waals surface area contributed by atoms with Crippen molar-refractivity contribution in [1.82, 2.24) is 0 Å². The number of hydrogen-bond donors (Lipinski definition) is 1. The first-order valence-corrected chi connectivity index (χ1v) is 7.78. The van der Waals surface area contributed by atoms with Gasteiger partial charge >= 0.3 is 5.97 Å². The fraction of sp³-hybridized carbons (Fsp3) is 0.462. The Kier molecular flexibility index (Phi) is 4.09. The Bertz CT molecular complexity index is 562. The van der Waals surface area contributed by atoms with Gasteiger partial charge in [0.2, 0.25) is 10.0 Å². The summed E-state index contributed by atoms with van der Waals surface area (Å²) < 4.78 is 31.6. The molecule has 1 aliphatic carbocycles. The highest BCUT2D eigenvalue weighted by Crippen LogP contribution is 2.27. The highest BCUT2D eigenvalue weighted by atomic mass is 32.2. The number of sulfonamides is 1. The van der Waals surface area contributed by atoms with Gasteiger partial charge in [-0.15, -0.1) is 0 Å². The van der Waals surface area contributed by atoms with Crippen LogP contribution in [0.5, 0.6) is 0 Å². The van der Waals surface area contributed by atoms with Crippen molar-refractivity contribution in [1.29, 1.82) is 0 Å². The van der Waals surface area contributed by atoms with Gasteiger partial charge in [0.05, 0.1) is 23.6 Å². The van der Waals surface area contributed by atoms with Gasteiger partial charge in [-0.05, 0) is 25.0 Å². The molecule has 0 atom stereocenters. The predicted octanol–water partition coefficient (Wildman–Crippen LogP) is 2.16. The smallest absolute Gasteiger partial charge is 0.339 e. The summed E-state index contributed by atoms with van der Waals surface area (Å²) in [6, 6.07) is 6.45. The van der Waals surface area contributed by atoms with E-state index >= 15 is 0 Å². The summed E-state index contributed by atoms with van der Waals surface area (Å²) in [6.07, 6.45) is 3.22. The number of carbonyl (C=O) groups excluding carboxylic acids is 1. The van der Waals surface area contributed by atoms with Gasteiger partial charge in [0.25, 0.3) is 0 Å². The number of esters is 1. The fourth-order valence-electron chi connectivity index (χ4n) is 2.30. The lowest BCUT2D eigenvalue weighted by molar-refractivity contribution is 0.0602. The van der Waals surface area contributed by atoms with Crippen molar-refractivity contribution in [2.24, 2.45) is 0 Å². The summed E-state index contributed by atoms with van der Waals surface area (Å²) in [5.74, 6) is -0.551. The van der Waals surface area contributed by atoms with Gasteiger partial charge in [0.1, 0.15) is 0 Å². The van der Waals surface area contributed by atoms with Crippen molar-refractivity contribution < 1.29 is 17.9 Å². The van der Waals surface area contributed by atoms with Crippen LogP contribution in [0.4, 0.5) is 5.69 Å². The molecule has 6 heteroatoms. The quantitative estimate of drug-likeness (QED) is 0.859. The maximum atomic E-state index is 12.2. The third-order valence-electron chi connectivity index (χ3n) is 3.33. The minimum absolute atomic E-state index is 0.228. The lowest BCUT2D eigenvalue weighted by Gasteiger charge is -2.15. The molecule has 1 N–H and O–H groups in total. The molecule has 1 fully saturated rings. The van der Waals surface area contributed by atoms with Crippen LogP contribution in [0.25, 0.3) is 0 Å². The largest absolute Gasteiger partial charge is 0.465 e. The zero-order chi connectivity index (χ0) is 13.9. The molecular formula is C13H17NO4S. The van der Waals surface area contributed by atoms with Crippen LogP contribution in [0.2, 0.25) is 0 Å². The first kappa shape index (κ1) is 13.9. The highest BCUT2D eigenvalue weighted by molar-refractivity contribution is 7.93. The first-order chi connectivity index (χ1) is 9.04. The topological polar surface area (TPSA) is 72.5 Å². The maximum absolute atomic E-state index is 12.2. The minimum Gasteiger partial charge on any atom is -0.465 e. The Morgan fingerprint density at radius 3 is 2.53 bits per heavy atom. The average molecular weight is 283 g/mol. The molecule has 1 aromatic rings. The van der Waals surface area contributed by atoms with Crippen LogP contribution in [-0.4, -0.2) is 26.7 Å². The van der Waals surface area contributed by atoms with Gasteiger partial charge in [-0.25, -0.2) is 13.2 Å². The monoisotopic (exact) mass is 283 g/mol. The van der Waals surface area contributed by atoms with Gasteiger partial charge in [-0.3, -0.25) is 4.72 Å². The van der Waals surface area contributed by atoms with Crippen LogP contribution < -0.4 is 4.72 Å². The molecule has 0 saturated heterocycles. The van der Waals surface area contributed by atoms with Crippen molar-refractivity contribution in [3.05, 3.63) is 29.8 Å². The molecule has 1 aromatic carbocycles. The molecule has 1 saturated carbocycles. The third-order valence-corrected chi connectivity index (χ3v) is 5.18. The van der Waals surface area contributed by atoms with E-state index in [1.807, 2.05) is 0 Å². The van der Waals surface area contributed by atoms with Crippen LogP contribution in [0.3, 0.4) is 0 Å². The van der Waals surface area contributed by atoms with Crippen LogP contribution in [0.15, 0.2) is 24.3 Å². The van der Waals surface area contributed by atoms with Crippen molar-refractivity contribution >= 4 is 21.7 Å². The summed E-state index contributed by atoms with van der Waals surface area (Å²) >= 11 is 0. The molecule has 0 aliphatic heterocycles. The van der Waals surface area contributed by atoms with Crippen molar-refractivity contribution in [2.45, 2.75) is 30.9 Å². The standard InChI is InChI=1S/C13H17NO4S/c1-18-13(15)11-8-4-5-9-12(11)14-19(16,17)10-6-2-3-7-10/h4-5,8-10,14H,2-3,6-7H2,1H3. The number of carbonyl (C=O) groups is 1. The molecule has 2 rings (SSSR count). The van der Waals surface area contributed by atoms with E-state index in [1.165, 1.54) is 7.11 Å². The molecular weight excluding hydrogens is 266 g/mol. The second kappa shape index (κ2) is 5.61. The third kappa shape index (κ3) is 3.07. The molecule has 0 amide bonds. The molecule has 0 unspecified atom stereocenters. The Balaban J connectivity index is 2.25. The van der Waals surface area contributed by atoms with Crippen LogP contribution >= 0.6 is 0 Å². The molecule has 104 valence electrons. The highest BCUT2D eigenvalue weighted by Gasteiger charge is 2.29. The average Bonchev–Trinajstić information content (AvgIpc) is 2.93. The van der Waals surface area contributed by atoms with E-state index in [1.54, 1.807) is 24.3 Å². The Morgan fingerprint density at radius 1 is 1.26 bits per heavy atom. The maximum Gasteiger partial charge on any atom is 0.339 e. The normalized spacial score (nSPS) is 16.3. The lowest BCUT2D eigenvalue weighted by atomic mass is 10.2. The number of nitrogens with one attached hydrogen (secondary N) is 1. The minimum atomic E-state index is -3.44. The zero-order valence-corrected chi connectivity index (χ0v) is 11.6. The van der Waals surface area contributed by atoms with Gasteiger partial charge in [0, 0.05) is 0 Å². The van der Waals surface area contributed by atoms with E-state index in [-0.39, 0.29) is 16.5 Å². The number of ether oxygens (including phenoxy) is 1. The second-order valence-corrected chi connectivity index (χ2v) is 6.55. The van der Waals surface area contributed by atoms with E-state index in [4.69, 9.17) is 0 Å². The summed E-state index contributed by atoms with van der Waals surface area (Å²) in [5.41, 5.74) is 0.507. The summed E-state index contributed by atoms with van der Waals surface area (Å²) in [4.78, 5) is 11.6. The Morgan fingerprint density at radius 2 is 1.89 bits per heavy atom. The van der Waals surface area contributed by atoms with Crippen LogP contribution in [-0.2, 0) is 14.8 Å². The molecule has 0 aromatic heterocycles. The number of rotatable bonds is 4. The van der Waals surface area contributed by atoms with Gasteiger partial charge in [0.15, 0.2) is 0 Å². The Hall–Kier alpha value is -1.56. The summed E-state index contributed by atoms with van der Waals surface area (Å²) in [6.45, 7) is 0. The molecule has 0 radical (unpaired) electrons. The number of methoxy groups -OCH3 is 1. The number of para-hydroxylation sites is 1. The van der Waals surface area contributed by atoms with Crippen molar-refractivity contribution in [3.63, 3.8) is 0 Å². The van der Waals surface area contributed by atoms with Crippen LogP contribution in [0.1, 0.15) is 36.0 Å². The number of anilines is 1. The van der Waals surface area contributed by atoms with E-state index in [0.717, 1.165) is 12.8 Å². The SMILES string of the molecule is COC(=O)c1ccccc1NS(=O)(=O)C1CCCC1. The number of benzene rings is 1. The van der Waals surface area contributed by atoms with Crippen LogP contribution in [0, 0.1) is 0 Å². The Labute approximate surface area is 113 Å². The molecule has 0 bridgehead atoms. The predicted molar refractivity (Wildman–Crippen MR) is 72.6 cm³/mol. The summed E-state index contributed by atoms with van der Waals surface area (Å²) in [5, 5.41) is -0.363. The van der Waals surface area contributed by atoms with Gasteiger partial charge in [-0.1, -0.05) is 25.0 Å². The molecule has 5 nitrogen and oxygen atoms in total. The van der Waals surface area contributed by atoms with Gasteiger partial charge in [-0.2, -0.15) is 0 Å². The molecule has 0 heterocycles. The van der Waals surface area contributed by atoms with Crippen molar-refractivity contribution in [3.8, 4) is 0 Å². The zero-order valence-electron chi connectivity index (χ0n) is 10.8. The molecule has 0 spiro atoms. The van der Waals surface area contributed by atoms with E-state index < -0.39 is 16.0 Å². The van der Waals surface area contributed by atoms with Crippen molar-refractivity contribution in [2.75, 3.05) is 11.8 Å².